The van der Waals surface area contributed by atoms with Gasteiger partial charge in [0.25, 0.3) is 0 Å². The predicted octanol–water partition coefficient (Wildman–Crippen LogP) is 2.52. The third kappa shape index (κ3) is 9.45. The van der Waals surface area contributed by atoms with Crippen molar-refractivity contribution < 1.29 is 22.3 Å². The van der Waals surface area contributed by atoms with Gasteiger partial charge in [0.1, 0.15) is 5.75 Å². The van der Waals surface area contributed by atoms with Crippen LogP contribution in [0.2, 0.25) is 0 Å². The van der Waals surface area contributed by atoms with E-state index < -0.39 is 10.4 Å². The molecule has 1 aromatic carbocycles. The molecule has 8 heteroatoms. The number of hydrogen-bond acceptors (Lipinski definition) is 5. The number of nitrogens with zero attached hydrogens (tertiary/aromatic N) is 2. The molecule has 0 aromatic heterocycles. The second kappa shape index (κ2) is 11.1. The van der Waals surface area contributed by atoms with E-state index in [0.717, 1.165) is 51.5 Å². The van der Waals surface area contributed by atoms with Gasteiger partial charge in [-0.2, -0.15) is 8.42 Å². The van der Waals surface area contributed by atoms with Crippen molar-refractivity contribution in [3.63, 3.8) is 0 Å². The largest absolute Gasteiger partial charge is 0.491 e. The summed E-state index contributed by atoms with van der Waals surface area (Å²) in [6.45, 7) is 12.1. The summed E-state index contributed by atoms with van der Waals surface area (Å²) in [6, 6.07) is 8.41. The molecule has 25 heavy (non-hydrogen) atoms. The zero-order valence-electron chi connectivity index (χ0n) is 14.7. The molecule has 1 aliphatic rings. The Kier molecular flexibility index (Phi) is 9.51. The van der Waals surface area contributed by atoms with E-state index in [1.165, 1.54) is 12.1 Å². The Morgan fingerprint density at radius 1 is 1.20 bits per heavy atom. The molecule has 0 saturated carbocycles. The molecule has 2 N–H and O–H groups in total. The Morgan fingerprint density at radius 3 is 2.36 bits per heavy atom. The SMILES string of the molecule is C=CCN1CCN(c2ccccc2OCCCC)CC1.O=S(=O)(O)O. The first-order valence-electron chi connectivity index (χ1n) is 8.35. The minimum atomic E-state index is -4.67. The van der Waals surface area contributed by atoms with Crippen LogP contribution < -0.4 is 9.64 Å². The molecule has 0 aliphatic carbocycles. The number of anilines is 1. The van der Waals surface area contributed by atoms with E-state index in [1.54, 1.807) is 0 Å². The zero-order chi connectivity index (χ0) is 18.7. The molecule has 1 saturated heterocycles. The van der Waals surface area contributed by atoms with Crippen molar-refractivity contribution in [2.75, 3.05) is 44.2 Å². The van der Waals surface area contributed by atoms with Crippen molar-refractivity contribution in [3.05, 3.63) is 36.9 Å². The maximum absolute atomic E-state index is 8.74. The van der Waals surface area contributed by atoms with Crippen molar-refractivity contribution in [2.24, 2.45) is 0 Å². The van der Waals surface area contributed by atoms with Crippen molar-refractivity contribution in [1.82, 2.24) is 4.90 Å². The van der Waals surface area contributed by atoms with Gasteiger partial charge in [-0.1, -0.05) is 31.6 Å². The minimum absolute atomic E-state index is 0.809. The maximum atomic E-state index is 8.74. The van der Waals surface area contributed by atoms with E-state index in [9.17, 15) is 0 Å². The van der Waals surface area contributed by atoms with Gasteiger partial charge in [0.2, 0.25) is 0 Å². The number of ether oxygens (including phenoxy) is 1. The standard InChI is InChI=1S/C17H26N2O.H2O4S/c1-3-5-15-20-17-9-7-6-8-16(17)19-13-11-18(10-4-2)12-14-19;1-5(2,3)4/h4,6-9H,2-3,5,10-15H2,1H3;(H2,1,2,3,4). The maximum Gasteiger partial charge on any atom is 0.394 e. The normalized spacial score (nSPS) is 15.2. The fraction of sp³-hybridized carbons (Fsp3) is 0.529. The number of hydrogen-bond donors (Lipinski definition) is 2. The van der Waals surface area contributed by atoms with Gasteiger partial charge in [0.15, 0.2) is 0 Å². The summed E-state index contributed by atoms with van der Waals surface area (Å²) in [5, 5.41) is 0. The zero-order valence-corrected chi connectivity index (χ0v) is 15.5. The summed E-state index contributed by atoms with van der Waals surface area (Å²) in [5.41, 5.74) is 1.24. The highest BCUT2D eigenvalue weighted by Crippen LogP contribution is 2.29. The van der Waals surface area contributed by atoms with Crippen LogP contribution in [0, 0.1) is 0 Å². The third-order valence-electron chi connectivity index (χ3n) is 3.72. The van der Waals surface area contributed by atoms with Gasteiger partial charge in [-0.15, -0.1) is 6.58 Å². The smallest absolute Gasteiger partial charge is 0.394 e. The fourth-order valence-electron chi connectivity index (χ4n) is 2.52. The first-order chi connectivity index (χ1) is 11.8. The number of unbranched alkanes of at least 4 members (excludes halogenated alkanes) is 1. The Morgan fingerprint density at radius 2 is 1.80 bits per heavy atom. The van der Waals surface area contributed by atoms with Crippen LogP contribution in [0.1, 0.15) is 19.8 Å². The summed E-state index contributed by atoms with van der Waals surface area (Å²) < 4.78 is 37.5. The van der Waals surface area contributed by atoms with Crippen LogP contribution in [-0.4, -0.2) is 61.8 Å². The topological polar surface area (TPSA) is 90.3 Å². The number of piperazine rings is 1. The van der Waals surface area contributed by atoms with Crippen molar-refractivity contribution in [1.29, 1.82) is 0 Å². The molecule has 1 aliphatic heterocycles. The first kappa shape index (κ1) is 21.4. The minimum Gasteiger partial charge on any atom is -0.491 e. The Bertz CT molecular complexity index is 605. The lowest BCUT2D eigenvalue weighted by Gasteiger charge is -2.36. The van der Waals surface area contributed by atoms with Gasteiger partial charge in [0, 0.05) is 32.7 Å². The third-order valence-corrected chi connectivity index (χ3v) is 3.72. The van der Waals surface area contributed by atoms with Gasteiger partial charge in [-0.3, -0.25) is 14.0 Å². The fourth-order valence-corrected chi connectivity index (χ4v) is 2.52. The van der Waals surface area contributed by atoms with E-state index in [-0.39, 0.29) is 0 Å². The molecular weight excluding hydrogens is 344 g/mol. The van der Waals surface area contributed by atoms with E-state index in [1.807, 2.05) is 6.08 Å². The summed E-state index contributed by atoms with van der Waals surface area (Å²) in [4.78, 5) is 4.87. The van der Waals surface area contributed by atoms with Crippen molar-refractivity contribution in [2.45, 2.75) is 19.8 Å². The average Bonchev–Trinajstić information content (AvgIpc) is 2.55. The van der Waals surface area contributed by atoms with E-state index >= 15 is 0 Å². The van der Waals surface area contributed by atoms with Gasteiger partial charge >= 0.3 is 10.4 Å². The van der Waals surface area contributed by atoms with Crippen LogP contribution in [0.15, 0.2) is 36.9 Å². The number of benzene rings is 1. The van der Waals surface area contributed by atoms with E-state index in [4.69, 9.17) is 22.3 Å². The molecule has 1 fully saturated rings. The first-order valence-corrected chi connectivity index (χ1v) is 9.74. The molecule has 7 nitrogen and oxygen atoms in total. The molecule has 1 aromatic rings. The molecule has 0 bridgehead atoms. The van der Waals surface area contributed by atoms with E-state index in [0.29, 0.717) is 0 Å². The van der Waals surface area contributed by atoms with Crippen LogP contribution >= 0.6 is 0 Å². The highest BCUT2D eigenvalue weighted by molar-refractivity contribution is 7.79. The predicted molar refractivity (Wildman–Crippen MR) is 99.9 cm³/mol. The van der Waals surface area contributed by atoms with Crippen LogP contribution in [-0.2, 0) is 10.4 Å². The molecule has 0 spiro atoms. The average molecular weight is 372 g/mol. The van der Waals surface area contributed by atoms with Crippen LogP contribution in [0.25, 0.3) is 0 Å². The molecule has 0 amide bonds. The summed E-state index contributed by atoms with van der Waals surface area (Å²) in [7, 11) is -4.67. The summed E-state index contributed by atoms with van der Waals surface area (Å²) in [6.07, 6.45) is 4.27. The van der Waals surface area contributed by atoms with Crippen LogP contribution in [0.4, 0.5) is 5.69 Å². The van der Waals surface area contributed by atoms with Gasteiger partial charge in [-0.25, -0.2) is 0 Å². The second-order valence-electron chi connectivity index (χ2n) is 5.69. The van der Waals surface area contributed by atoms with Gasteiger partial charge < -0.3 is 9.64 Å². The van der Waals surface area contributed by atoms with Gasteiger partial charge in [-0.05, 0) is 18.6 Å². The summed E-state index contributed by atoms with van der Waals surface area (Å²) >= 11 is 0. The Labute approximate surface area is 150 Å². The number of rotatable bonds is 7. The monoisotopic (exact) mass is 372 g/mol. The lowest BCUT2D eigenvalue weighted by molar-refractivity contribution is 0.279. The lowest BCUT2D eigenvalue weighted by atomic mass is 10.2. The summed E-state index contributed by atoms with van der Waals surface area (Å²) in [5.74, 6) is 1.03. The lowest BCUT2D eigenvalue weighted by Crippen LogP contribution is -2.46. The highest BCUT2D eigenvalue weighted by atomic mass is 32.3. The molecule has 0 atom stereocenters. The molecule has 2 rings (SSSR count). The Balaban J connectivity index is 0.000000550. The molecule has 0 radical (unpaired) electrons. The molecule has 1 heterocycles. The number of para-hydroxylation sites is 2. The second-order valence-corrected chi connectivity index (χ2v) is 6.59. The van der Waals surface area contributed by atoms with Crippen LogP contribution in [0.3, 0.4) is 0 Å². The molecule has 142 valence electrons. The quantitative estimate of drug-likeness (QED) is 0.432. The highest BCUT2D eigenvalue weighted by Gasteiger charge is 2.18. The molecular formula is C17H28N2O5S. The van der Waals surface area contributed by atoms with E-state index in [2.05, 4.69) is 47.6 Å². The van der Waals surface area contributed by atoms with Crippen molar-refractivity contribution in [3.8, 4) is 5.75 Å². The van der Waals surface area contributed by atoms with Gasteiger partial charge in [0.05, 0.1) is 12.3 Å². The molecule has 0 unspecified atom stereocenters. The van der Waals surface area contributed by atoms with Crippen LogP contribution in [0.5, 0.6) is 5.75 Å². The Hall–Kier alpha value is -1.61. The van der Waals surface area contributed by atoms with Crippen molar-refractivity contribution >= 4 is 16.1 Å².